The first-order chi connectivity index (χ1) is 23.3. The monoisotopic (exact) mass is 752 g/mol. The van der Waals surface area contributed by atoms with Crippen LogP contribution in [0.1, 0.15) is 37.3 Å². The minimum absolute atomic E-state index is 0.110. The highest BCUT2D eigenvalue weighted by molar-refractivity contribution is 14.1. The number of rotatable bonds is 9. The van der Waals surface area contributed by atoms with Crippen molar-refractivity contribution >= 4 is 63.1 Å². The molecule has 8 heteroatoms. The van der Waals surface area contributed by atoms with Crippen molar-refractivity contribution < 1.29 is 24.2 Å². The molecule has 2 N–H and O–H groups in total. The Morgan fingerprint density at radius 1 is 0.958 bits per heavy atom. The van der Waals surface area contributed by atoms with Crippen LogP contribution < -0.4 is 15.0 Å². The van der Waals surface area contributed by atoms with Crippen molar-refractivity contribution in [3.63, 3.8) is 0 Å². The number of nitrogens with one attached hydrogen (secondary N) is 1. The second-order valence-corrected chi connectivity index (χ2v) is 13.8. The normalized spacial score (nSPS) is 22.1. The van der Waals surface area contributed by atoms with Gasteiger partial charge in [-0.25, -0.2) is 0 Å². The van der Waals surface area contributed by atoms with E-state index in [1.807, 2.05) is 84.9 Å². The molecule has 2 amide bonds. The molecule has 0 radical (unpaired) electrons. The van der Waals surface area contributed by atoms with Gasteiger partial charge in [0.2, 0.25) is 11.8 Å². The number of imide groups is 1. The van der Waals surface area contributed by atoms with E-state index in [0.29, 0.717) is 24.5 Å². The number of halogens is 1. The molecular weight excluding hydrogens is 715 g/mol. The van der Waals surface area contributed by atoms with Gasteiger partial charge in [0.05, 0.1) is 40.9 Å². The maximum atomic E-state index is 14.0. The van der Waals surface area contributed by atoms with Crippen LogP contribution in [0.4, 0.5) is 17.1 Å². The van der Waals surface area contributed by atoms with Crippen molar-refractivity contribution in [1.29, 1.82) is 0 Å². The van der Waals surface area contributed by atoms with Gasteiger partial charge in [-0.15, -0.1) is 0 Å². The molecule has 7 rings (SSSR count). The zero-order chi connectivity index (χ0) is 33.4. The summed E-state index contributed by atoms with van der Waals surface area (Å²) in [6.45, 7) is 2.53. The fourth-order valence-electron chi connectivity index (χ4n) is 7.54. The molecule has 0 aromatic heterocycles. The number of carbonyl (C=O) groups excluding carboxylic acids is 2. The summed E-state index contributed by atoms with van der Waals surface area (Å²) in [7, 11) is 1.55. The maximum absolute atomic E-state index is 14.0. The molecule has 1 aliphatic carbocycles. The van der Waals surface area contributed by atoms with Crippen LogP contribution in [0, 0.1) is 21.3 Å². The number of carbonyl (C=O) groups is 2. The molecule has 48 heavy (non-hydrogen) atoms. The van der Waals surface area contributed by atoms with Crippen molar-refractivity contribution in [1.82, 2.24) is 0 Å². The number of fused-ring (bicyclic) bond motifs is 3. The number of phenolic OH excluding ortho intramolecular Hbond substituents is 1. The van der Waals surface area contributed by atoms with E-state index in [-0.39, 0.29) is 35.5 Å². The Hall–Kier alpha value is -4.41. The van der Waals surface area contributed by atoms with Crippen molar-refractivity contribution in [3.8, 4) is 11.5 Å². The van der Waals surface area contributed by atoms with Crippen LogP contribution in [-0.2, 0) is 14.3 Å². The fourth-order valence-corrected chi connectivity index (χ4v) is 8.16. The van der Waals surface area contributed by atoms with Gasteiger partial charge in [-0.3, -0.25) is 14.5 Å². The number of aromatic hydroxyl groups is 1. The van der Waals surface area contributed by atoms with Gasteiger partial charge in [0, 0.05) is 17.3 Å². The van der Waals surface area contributed by atoms with E-state index in [1.165, 1.54) is 10.5 Å². The van der Waals surface area contributed by atoms with E-state index in [1.54, 1.807) is 7.11 Å². The van der Waals surface area contributed by atoms with Crippen LogP contribution in [0.2, 0.25) is 0 Å². The highest BCUT2D eigenvalue weighted by atomic mass is 127. The number of allylic oxidation sites excluding steroid dienone is 2. The van der Waals surface area contributed by atoms with Crippen molar-refractivity contribution in [2.45, 2.75) is 32.3 Å². The van der Waals surface area contributed by atoms with E-state index in [4.69, 9.17) is 9.47 Å². The van der Waals surface area contributed by atoms with E-state index >= 15 is 0 Å². The number of methoxy groups -OCH3 is 1. The lowest BCUT2D eigenvalue weighted by Gasteiger charge is -2.30. The Labute approximate surface area is 294 Å². The third-order valence-electron chi connectivity index (χ3n) is 9.77. The molecule has 0 unspecified atom stereocenters. The standard InChI is InChI=1S/C40H37IN2O5/c1-24-19-31-37(40(46)43(39(31)45)30-16-14-29(15-17-30)42-28-11-7-4-8-12-28)32-23-48-34(36(24)32)18-13-27(26-9-5-3-6-10-26)20-25-21-33(41)38(44)35(22-25)47-2/h3-12,14-17,20-22,31-32,34,37,42,44H,13,18-19,23H2,1-2H3/b27-20-/t31-,32+,34-,37-/m1/s1. The summed E-state index contributed by atoms with van der Waals surface area (Å²) in [6, 6.07) is 31.4. The zero-order valence-electron chi connectivity index (χ0n) is 26.9. The zero-order valence-corrected chi connectivity index (χ0v) is 29.0. The van der Waals surface area contributed by atoms with Gasteiger partial charge < -0.3 is 19.9 Å². The third kappa shape index (κ3) is 6.15. The van der Waals surface area contributed by atoms with Crippen LogP contribution in [-0.4, -0.2) is 36.7 Å². The molecule has 4 aromatic rings. The minimum atomic E-state index is -0.418. The van der Waals surface area contributed by atoms with Crippen molar-refractivity contribution in [2.24, 2.45) is 17.8 Å². The molecule has 2 fully saturated rings. The van der Waals surface area contributed by atoms with Crippen LogP contribution in [0.15, 0.2) is 108 Å². The number of nitrogens with zero attached hydrogens (tertiary/aromatic N) is 1. The highest BCUT2D eigenvalue weighted by Gasteiger charge is 2.56. The molecule has 2 aliphatic heterocycles. The second-order valence-electron chi connectivity index (χ2n) is 12.7. The van der Waals surface area contributed by atoms with Gasteiger partial charge in [0.25, 0.3) is 0 Å². The minimum Gasteiger partial charge on any atom is -0.504 e. The molecule has 4 aromatic carbocycles. The predicted molar refractivity (Wildman–Crippen MR) is 197 cm³/mol. The molecule has 3 aliphatic rings. The number of hydrogen-bond donors (Lipinski definition) is 2. The first-order valence-corrected chi connectivity index (χ1v) is 17.3. The molecule has 244 valence electrons. The van der Waals surface area contributed by atoms with Crippen LogP contribution in [0.5, 0.6) is 11.5 Å². The Bertz CT molecular complexity index is 1910. The highest BCUT2D eigenvalue weighted by Crippen LogP contribution is 2.50. The SMILES string of the molecule is COc1cc(/C=C(/CC[C@H]2OC[C@H]3C2=C(C)C[C@H]2C(=O)N(c4ccc(Nc5ccccc5)cc4)C(=O)[C@H]23)c2ccccc2)cc(I)c1O. The Morgan fingerprint density at radius 3 is 2.35 bits per heavy atom. The Morgan fingerprint density at radius 2 is 1.65 bits per heavy atom. The summed E-state index contributed by atoms with van der Waals surface area (Å²) in [4.78, 5) is 29.2. The quantitative estimate of drug-likeness (QED) is 0.0771. The lowest BCUT2D eigenvalue weighted by Crippen LogP contribution is -2.34. The summed E-state index contributed by atoms with van der Waals surface area (Å²) in [5, 5.41) is 13.7. The van der Waals surface area contributed by atoms with Gasteiger partial charge in [-0.05, 0) is 120 Å². The largest absolute Gasteiger partial charge is 0.504 e. The summed E-state index contributed by atoms with van der Waals surface area (Å²) in [6.07, 6.45) is 4.07. The average molecular weight is 753 g/mol. The first kappa shape index (κ1) is 32.2. The third-order valence-corrected chi connectivity index (χ3v) is 10.6. The lowest BCUT2D eigenvalue weighted by molar-refractivity contribution is -0.122. The first-order valence-electron chi connectivity index (χ1n) is 16.3. The molecular formula is C40H37IN2O5. The van der Waals surface area contributed by atoms with Gasteiger partial charge in [0.1, 0.15) is 0 Å². The Balaban J connectivity index is 1.09. The number of hydrogen-bond acceptors (Lipinski definition) is 6. The van der Waals surface area contributed by atoms with Gasteiger partial charge >= 0.3 is 0 Å². The van der Waals surface area contributed by atoms with Crippen molar-refractivity contribution in [2.75, 3.05) is 23.9 Å². The Kier molecular flexibility index (Phi) is 9.11. The van der Waals surface area contributed by atoms with Gasteiger partial charge in [-0.2, -0.15) is 0 Å². The summed E-state index contributed by atoms with van der Waals surface area (Å²) >= 11 is 2.12. The average Bonchev–Trinajstić information content (AvgIpc) is 3.64. The molecule has 2 heterocycles. The number of amides is 2. The van der Waals surface area contributed by atoms with Crippen LogP contribution in [0.25, 0.3) is 11.6 Å². The summed E-state index contributed by atoms with van der Waals surface area (Å²) in [5.74, 6) is -0.583. The predicted octanol–water partition coefficient (Wildman–Crippen LogP) is 8.61. The summed E-state index contributed by atoms with van der Waals surface area (Å²) in [5.41, 5.74) is 8.00. The number of benzene rings is 4. The number of para-hydroxylation sites is 1. The molecule has 7 nitrogen and oxygen atoms in total. The number of ether oxygens (including phenoxy) is 2. The smallest absolute Gasteiger partial charge is 0.238 e. The number of anilines is 3. The summed E-state index contributed by atoms with van der Waals surface area (Å²) < 4.78 is 12.6. The fraction of sp³-hybridized carbons (Fsp3) is 0.250. The molecule has 4 atom stereocenters. The molecule has 2 saturated heterocycles. The van der Waals surface area contributed by atoms with E-state index < -0.39 is 5.92 Å². The van der Waals surface area contributed by atoms with Gasteiger partial charge in [0.15, 0.2) is 11.5 Å². The van der Waals surface area contributed by atoms with Crippen LogP contribution in [0.3, 0.4) is 0 Å². The van der Waals surface area contributed by atoms with Gasteiger partial charge in [-0.1, -0.05) is 60.2 Å². The lowest BCUT2D eigenvalue weighted by atomic mass is 9.70. The van der Waals surface area contributed by atoms with E-state index in [9.17, 15) is 14.7 Å². The number of phenols is 1. The maximum Gasteiger partial charge on any atom is 0.238 e. The topological polar surface area (TPSA) is 88.1 Å². The van der Waals surface area contributed by atoms with E-state index in [0.717, 1.165) is 50.1 Å². The van der Waals surface area contributed by atoms with Crippen LogP contribution >= 0.6 is 22.6 Å². The van der Waals surface area contributed by atoms with Crippen molar-refractivity contribution in [3.05, 3.63) is 123 Å². The molecule has 0 bridgehead atoms. The molecule has 0 saturated carbocycles. The van der Waals surface area contributed by atoms with E-state index in [2.05, 4.69) is 53.0 Å². The second kappa shape index (κ2) is 13.6. The molecule has 0 spiro atoms.